The van der Waals surface area contributed by atoms with Crippen LogP contribution in [-0.4, -0.2) is 6.71 Å². The number of anilines is 3. The van der Waals surface area contributed by atoms with Gasteiger partial charge in [-0.05, 0) is 104 Å². The molecule has 0 amide bonds. The molecule has 4 aromatic carbocycles. The van der Waals surface area contributed by atoms with Crippen LogP contribution in [0.5, 0.6) is 11.7 Å². The summed E-state index contributed by atoms with van der Waals surface area (Å²) < 4.78 is 13.2. The first kappa shape index (κ1) is 27.6. The van der Waals surface area contributed by atoms with Crippen molar-refractivity contribution in [3.05, 3.63) is 94.5 Å². The topological polar surface area (TPSA) is 25.6 Å². The van der Waals surface area contributed by atoms with E-state index < -0.39 is 0 Å². The Balaban J connectivity index is 1.43. The summed E-state index contributed by atoms with van der Waals surface area (Å²) in [5, 5.41) is 1.15. The zero-order chi connectivity index (χ0) is 30.9. The molecule has 2 aliphatic heterocycles. The van der Waals surface area contributed by atoms with Crippen LogP contribution in [0.2, 0.25) is 0 Å². The molecule has 1 aliphatic carbocycles. The molecule has 0 N–H and O–H groups in total. The predicted molar refractivity (Wildman–Crippen MR) is 186 cm³/mol. The molecule has 8 rings (SSSR count). The average molecular weight is 580 g/mol. The highest BCUT2D eigenvalue weighted by Crippen LogP contribution is 2.47. The molecule has 1 aromatic heterocycles. The minimum atomic E-state index is 0.00896. The lowest BCUT2D eigenvalue weighted by atomic mass is 9.34. The van der Waals surface area contributed by atoms with Gasteiger partial charge in [-0.3, -0.25) is 0 Å². The van der Waals surface area contributed by atoms with Crippen LogP contribution in [0, 0.1) is 0 Å². The van der Waals surface area contributed by atoms with Gasteiger partial charge in [-0.25, -0.2) is 0 Å². The first-order chi connectivity index (χ1) is 20.7. The molecule has 0 atom stereocenters. The van der Waals surface area contributed by atoms with E-state index in [1.165, 1.54) is 55.8 Å². The molecule has 4 heteroatoms. The molecule has 3 aliphatic rings. The third-order valence-electron chi connectivity index (χ3n) is 10.1. The fourth-order valence-electron chi connectivity index (χ4n) is 7.65. The van der Waals surface area contributed by atoms with E-state index in [1.54, 1.807) is 0 Å². The molecule has 0 fully saturated rings. The maximum absolute atomic E-state index is 6.67. The number of ether oxygens (including phenoxy) is 1. The fourth-order valence-corrected chi connectivity index (χ4v) is 7.65. The van der Waals surface area contributed by atoms with Crippen LogP contribution in [0.1, 0.15) is 90.1 Å². The third kappa shape index (κ3) is 3.89. The van der Waals surface area contributed by atoms with Gasteiger partial charge < -0.3 is 14.1 Å². The number of furan rings is 1. The molecule has 3 heterocycles. The minimum Gasteiger partial charge on any atom is -0.427 e. The summed E-state index contributed by atoms with van der Waals surface area (Å²) in [6, 6.07) is 25.1. The number of benzene rings is 4. The SMILES string of the molecule is CC(C)(C)c1ccc2c(c1)B1c3c(cccc3N2c2ccc(C(C)(C)C)c3c2CC3)Oc2oc3ccc(C(C)(C)C)cc3c21. The highest BCUT2D eigenvalue weighted by Gasteiger charge is 2.45. The summed E-state index contributed by atoms with van der Waals surface area (Å²) in [4.78, 5) is 2.53. The van der Waals surface area contributed by atoms with Gasteiger partial charge in [0.2, 0.25) is 0 Å². The van der Waals surface area contributed by atoms with Crippen molar-refractivity contribution >= 4 is 51.1 Å². The highest BCUT2D eigenvalue weighted by molar-refractivity contribution is 7.00. The maximum atomic E-state index is 6.67. The number of hydrogen-bond acceptors (Lipinski definition) is 3. The number of fused-ring (bicyclic) bond motifs is 7. The Morgan fingerprint density at radius 2 is 1.32 bits per heavy atom. The molecular weight excluding hydrogens is 537 g/mol. The second-order valence-corrected chi connectivity index (χ2v) is 16.2. The lowest BCUT2D eigenvalue weighted by Crippen LogP contribution is -2.59. The molecule has 0 bridgehead atoms. The smallest absolute Gasteiger partial charge is 0.285 e. The van der Waals surface area contributed by atoms with E-state index in [0.29, 0.717) is 5.95 Å². The van der Waals surface area contributed by atoms with Crippen LogP contribution in [0.15, 0.2) is 71.1 Å². The number of nitrogens with zero attached hydrogens (tertiary/aromatic N) is 1. The summed E-state index contributed by atoms with van der Waals surface area (Å²) in [6.45, 7) is 20.7. The van der Waals surface area contributed by atoms with Gasteiger partial charge in [0.1, 0.15) is 11.3 Å². The van der Waals surface area contributed by atoms with Crippen molar-refractivity contribution in [1.82, 2.24) is 0 Å². The lowest BCUT2D eigenvalue weighted by Gasteiger charge is -2.42. The Labute approximate surface area is 262 Å². The number of rotatable bonds is 1. The fraction of sp³-hybridized carbons (Fsp3) is 0.350. The molecule has 0 saturated carbocycles. The van der Waals surface area contributed by atoms with Gasteiger partial charge in [0.25, 0.3) is 12.7 Å². The van der Waals surface area contributed by atoms with Crippen LogP contribution in [-0.2, 0) is 29.1 Å². The summed E-state index contributed by atoms with van der Waals surface area (Å²) >= 11 is 0. The molecule has 44 heavy (non-hydrogen) atoms. The summed E-state index contributed by atoms with van der Waals surface area (Å²) in [5.74, 6) is 1.51. The molecule has 0 unspecified atom stereocenters. The van der Waals surface area contributed by atoms with E-state index in [4.69, 9.17) is 9.15 Å². The Kier molecular flexibility index (Phi) is 5.55. The second kappa shape index (κ2) is 8.84. The predicted octanol–water partition coefficient (Wildman–Crippen LogP) is 8.83. The molecule has 0 spiro atoms. The van der Waals surface area contributed by atoms with Crippen molar-refractivity contribution in [3.63, 3.8) is 0 Å². The quantitative estimate of drug-likeness (QED) is 0.182. The van der Waals surface area contributed by atoms with Crippen LogP contribution in [0.25, 0.3) is 11.0 Å². The summed E-state index contributed by atoms with van der Waals surface area (Å²) in [6.07, 6.45) is 2.26. The third-order valence-corrected chi connectivity index (χ3v) is 10.1. The Bertz CT molecular complexity index is 2010. The molecule has 5 aromatic rings. The molecular formula is C40H42BNO2. The van der Waals surface area contributed by atoms with Gasteiger partial charge in [0.15, 0.2) is 0 Å². The van der Waals surface area contributed by atoms with Crippen molar-refractivity contribution in [2.75, 3.05) is 4.90 Å². The van der Waals surface area contributed by atoms with E-state index in [0.717, 1.165) is 35.0 Å². The van der Waals surface area contributed by atoms with E-state index in [1.807, 2.05) is 0 Å². The van der Waals surface area contributed by atoms with E-state index >= 15 is 0 Å². The largest absolute Gasteiger partial charge is 0.427 e. The van der Waals surface area contributed by atoms with Crippen LogP contribution < -0.4 is 26.0 Å². The van der Waals surface area contributed by atoms with Crippen LogP contribution >= 0.6 is 0 Å². The molecule has 222 valence electrons. The Hall–Kier alpha value is -3.92. The zero-order valence-corrected chi connectivity index (χ0v) is 27.6. The van der Waals surface area contributed by atoms with Gasteiger partial charge in [-0.15, -0.1) is 0 Å². The van der Waals surface area contributed by atoms with E-state index in [9.17, 15) is 0 Å². The zero-order valence-electron chi connectivity index (χ0n) is 27.6. The van der Waals surface area contributed by atoms with Crippen molar-refractivity contribution in [3.8, 4) is 11.7 Å². The minimum absolute atomic E-state index is 0.00896. The van der Waals surface area contributed by atoms with Gasteiger partial charge in [-0.2, -0.15) is 0 Å². The van der Waals surface area contributed by atoms with Gasteiger partial charge in [-0.1, -0.05) is 92.6 Å². The van der Waals surface area contributed by atoms with Crippen molar-refractivity contribution < 1.29 is 9.15 Å². The molecule has 0 saturated heterocycles. The first-order valence-electron chi connectivity index (χ1n) is 16.2. The van der Waals surface area contributed by atoms with Crippen molar-refractivity contribution in [2.45, 2.75) is 91.4 Å². The van der Waals surface area contributed by atoms with Crippen LogP contribution in [0.4, 0.5) is 17.1 Å². The summed E-state index contributed by atoms with van der Waals surface area (Å²) in [5.41, 5.74) is 15.6. The van der Waals surface area contributed by atoms with Crippen molar-refractivity contribution in [2.24, 2.45) is 0 Å². The monoisotopic (exact) mass is 579 g/mol. The normalized spacial score (nSPS) is 15.3. The first-order valence-corrected chi connectivity index (χ1v) is 16.2. The van der Waals surface area contributed by atoms with E-state index in [-0.39, 0.29) is 23.0 Å². The Morgan fingerprint density at radius 3 is 2.00 bits per heavy atom. The molecule has 3 nitrogen and oxygen atoms in total. The van der Waals surface area contributed by atoms with Gasteiger partial charge in [0, 0.05) is 27.9 Å². The van der Waals surface area contributed by atoms with Crippen molar-refractivity contribution in [1.29, 1.82) is 0 Å². The maximum Gasteiger partial charge on any atom is 0.285 e. The highest BCUT2D eigenvalue weighted by atomic mass is 16.6. The van der Waals surface area contributed by atoms with Gasteiger partial charge in [0.05, 0.1) is 0 Å². The number of hydrogen-bond donors (Lipinski definition) is 0. The van der Waals surface area contributed by atoms with Gasteiger partial charge >= 0.3 is 0 Å². The van der Waals surface area contributed by atoms with E-state index in [2.05, 4.69) is 134 Å². The standard InChI is InChI=1S/C40H42BNO2/c1-38(2,3)23-14-20-33-27(21-23)35-37(43-33)44-34-12-10-11-32-36(34)41(35)29-22-24(39(4,5)6)13-18-31(29)42(32)30-19-17-28(40(7,8)9)25-15-16-26(25)30/h10-14,17-22H,15-16H2,1-9H3. The van der Waals surface area contributed by atoms with Crippen LogP contribution in [0.3, 0.4) is 0 Å². The molecule has 0 radical (unpaired) electrons. The lowest BCUT2D eigenvalue weighted by molar-refractivity contribution is 0.364. The summed E-state index contributed by atoms with van der Waals surface area (Å²) in [7, 11) is 0. The average Bonchev–Trinajstić information content (AvgIpc) is 3.29. The second-order valence-electron chi connectivity index (χ2n) is 16.2. The Morgan fingerprint density at radius 1 is 0.636 bits per heavy atom.